The number of nitrogens with one attached hydrogen (secondary N) is 1. The molecule has 0 radical (unpaired) electrons. The molecule has 9 rings (SSSR count). The number of fused-ring (bicyclic) bond motifs is 2. The number of hydrogen-bond donors (Lipinski definition) is 1. The Morgan fingerprint density at radius 3 is 2.31 bits per heavy atom. The quantitative estimate of drug-likeness (QED) is 0.271. The van der Waals surface area contributed by atoms with Crippen molar-refractivity contribution in [3.8, 4) is 23.7 Å². The Morgan fingerprint density at radius 1 is 0.881 bits per heavy atom. The van der Waals surface area contributed by atoms with Gasteiger partial charge in [0, 0.05) is 72.1 Å². The first-order valence-electron chi connectivity index (χ1n) is 20.2. The van der Waals surface area contributed by atoms with Gasteiger partial charge >= 0.3 is 0 Å². The van der Waals surface area contributed by atoms with Gasteiger partial charge in [0.05, 0.1) is 16.1 Å². The molecule has 3 saturated heterocycles. The minimum atomic E-state index is -1.02. The van der Waals surface area contributed by atoms with E-state index in [0.29, 0.717) is 34.7 Å². The number of hydrogen-bond acceptors (Lipinski definition) is 10. The number of nitrogens with zero attached hydrogens (tertiary/aromatic N) is 6. The Hall–Kier alpha value is -5.76. The van der Waals surface area contributed by atoms with Crippen LogP contribution in [-0.2, 0) is 16.1 Å². The largest absolute Gasteiger partial charge is 0.489 e. The molecule has 6 aliphatic rings. The zero-order chi connectivity index (χ0) is 41.5. The molecule has 14 heteroatoms. The van der Waals surface area contributed by atoms with Gasteiger partial charge in [0.1, 0.15) is 35.5 Å². The second-order valence-electron chi connectivity index (χ2n) is 17.8. The van der Waals surface area contributed by atoms with E-state index >= 15 is 0 Å². The van der Waals surface area contributed by atoms with Crippen LogP contribution in [0.25, 0.3) is 0 Å². The summed E-state index contributed by atoms with van der Waals surface area (Å²) in [6, 6.07) is 15.7. The lowest BCUT2D eigenvalue weighted by atomic mass is 9.49. The minimum Gasteiger partial charge on any atom is -0.489 e. The van der Waals surface area contributed by atoms with Gasteiger partial charge < -0.3 is 14.5 Å². The zero-order valence-corrected chi connectivity index (χ0v) is 34.1. The summed E-state index contributed by atoms with van der Waals surface area (Å²) in [6.45, 7) is 12.4. The molecule has 0 spiro atoms. The second kappa shape index (κ2) is 14.2. The number of aromatic nitrogens is 1. The molecule has 59 heavy (non-hydrogen) atoms. The molecule has 3 aromatic rings. The SMILES string of the molecule is CC1(C)[C@H](Oc2ccc(C#N)c(Cl)c2)C(C)(C)[C@H]1N1Cc2cc(C#CC3CCN(C4CN(c5ccc6c(n5)C(=O)N(C5CCC(=O)NC5=O)C6=O)C4)CC3)ccc2C1=O. The molecule has 1 N–H and O–H groups in total. The molecule has 2 aromatic carbocycles. The molecule has 0 bridgehead atoms. The highest BCUT2D eigenvalue weighted by molar-refractivity contribution is 6.31. The van der Waals surface area contributed by atoms with Gasteiger partial charge in [-0.15, -0.1) is 0 Å². The molecule has 1 saturated carbocycles. The number of benzene rings is 2. The average Bonchev–Trinajstić information content (AvgIpc) is 3.62. The number of rotatable bonds is 6. The van der Waals surface area contributed by atoms with Crippen molar-refractivity contribution < 1.29 is 28.7 Å². The van der Waals surface area contributed by atoms with Crippen molar-refractivity contribution in [2.45, 2.75) is 84.2 Å². The van der Waals surface area contributed by atoms with Gasteiger partial charge in [-0.05, 0) is 80.4 Å². The van der Waals surface area contributed by atoms with Crippen LogP contribution in [0.2, 0.25) is 5.02 Å². The fraction of sp³-hybridized carbons (Fsp3) is 0.444. The fourth-order valence-electron chi connectivity index (χ4n) is 10.6. The first-order valence-corrected chi connectivity index (χ1v) is 20.6. The molecular weight excluding hydrogens is 770 g/mol. The lowest BCUT2D eigenvalue weighted by Gasteiger charge is -2.65. The Labute approximate surface area is 347 Å². The molecule has 5 aliphatic heterocycles. The normalized spacial score (nSPS) is 25.1. The van der Waals surface area contributed by atoms with Gasteiger partial charge in [0.2, 0.25) is 11.8 Å². The molecular formula is C45H44ClN7O6. The minimum absolute atomic E-state index is 0.0272. The first kappa shape index (κ1) is 38.7. The molecule has 13 nitrogen and oxygen atoms in total. The van der Waals surface area contributed by atoms with Crippen LogP contribution in [0.15, 0.2) is 48.5 Å². The van der Waals surface area contributed by atoms with Crippen molar-refractivity contribution in [2.24, 2.45) is 16.7 Å². The van der Waals surface area contributed by atoms with Crippen LogP contribution in [-0.4, -0.2) is 99.6 Å². The van der Waals surface area contributed by atoms with E-state index in [-0.39, 0.29) is 58.9 Å². The van der Waals surface area contributed by atoms with Gasteiger partial charge in [-0.1, -0.05) is 51.1 Å². The average molecular weight is 814 g/mol. The lowest BCUT2D eigenvalue weighted by molar-refractivity contribution is -0.199. The van der Waals surface area contributed by atoms with E-state index in [1.807, 2.05) is 17.0 Å². The van der Waals surface area contributed by atoms with Crippen molar-refractivity contribution in [1.29, 1.82) is 5.26 Å². The van der Waals surface area contributed by atoms with Crippen molar-refractivity contribution >= 4 is 47.0 Å². The molecule has 4 fully saturated rings. The number of pyridine rings is 1. The summed E-state index contributed by atoms with van der Waals surface area (Å²) >= 11 is 6.29. The summed E-state index contributed by atoms with van der Waals surface area (Å²) in [6.07, 6.45) is 1.89. The van der Waals surface area contributed by atoms with Crippen LogP contribution in [0, 0.1) is 39.9 Å². The standard InChI is InChI=1S/C45H44ClN7O6/c1-44(2)42(45(3,4)43(44)59-30-9-8-27(21-47)33(46)20-30)52-22-28-19-26(7-10-31(28)39(52)56)6-5-25-15-17-50(18-16-25)29-23-51(24-29)35-13-11-32-37(48-35)41(58)53(40(32)57)34-12-14-36(54)49-38(34)55/h7-11,13,19-20,25,29,34,42-43H,12,14-18,22-24H2,1-4H3,(H,49,54,55)/t34?,42-,43-. The van der Waals surface area contributed by atoms with Crippen molar-refractivity contribution in [3.05, 3.63) is 87.1 Å². The number of carbonyl (C=O) groups is 5. The molecule has 6 heterocycles. The number of carbonyl (C=O) groups excluding carboxylic acids is 5. The van der Waals surface area contributed by atoms with Crippen LogP contribution in [0.1, 0.15) is 101 Å². The predicted molar refractivity (Wildman–Crippen MR) is 216 cm³/mol. The first-order chi connectivity index (χ1) is 28.1. The number of ether oxygens (including phenoxy) is 1. The topological polar surface area (TPSA) is 156 Å². The van der Waals surface area contributed by atoms with Crippen LogP contribution in [0.5, 0.6) is 5.75 Å². The lowest BCUT2D eigenvalue weighted by Crippen LogP contribution is -2.74. The molecule has 1 aliphatic carbocycles. The Balaban J connectivity index is 0.777. The van der Waals surface area contributed by atoms with E-state index in [4.69, 9.17) is 16.3 Å². The van der Waals surface area contributed by atoms with Gasteiger partial charge in [-0.3, -0.25) is 39.1 Å². The second-order valence-corrected chi connectivity index (χ2v) is 18.2. The molecule has 5 amide bonds. The highest BCUT2D eigenvalue weighted by Crippen LogP contribution is 2.59. The third kappa shape index (κ3) is 6.43. The van der Waals surface area contributed by atoms with Crippen molar-refractivity contribution in [3.63, 3.8) is 0 Å². The van der Waals surface area contributed by atoms with Crippen LogP contribution >= 0.6 is 11.6 Å². The Kier molecular flexibility index (Phi) is 9.33. The van der Waals surface area contributed by atoms with E-state index in [9.17, 15) is 29.2 Å². The maximum atomic E-state index is 13.8. The third-order valence-electron chi connectivity index (χ3n) is 13.3. The third-order valence-corrected chi connectivity index (χ3v) is 13.6. The summed E-state index contributed by atoms with van der Waals surface area (Å²) in [4.78, 5) is 76.2. The van der Waals surface area contributed by atoms with E-state index in [1.54, 1.807) is 30.3 Å². The van der Waals surface area contributed by atoms with E-state index in [2.05, 4.69) is 71.8 Å². The number of halogens is 1. The Morgan fingerprint density at radius 2 is 1.61 bits per heavy atom. The van der Waals surface area contributed by atoms with Crippen molar-refractivity contribution in [1.82, 2.24) is 25.0 Å². The van der Waals surface area contributed by atoms with Crippen LogP contribution < -0.4 is 15.0 Å². The Bertz CT molecular complexity index is 2440. The zero-order valence-electron chi connectivity index (χ0n) is 33.4. The molecule has 1 aromatic heterocycles. The summed E-state index contributed by atoms with van der Waals surface area (Å²) in [5, 5.41) is 11.8. The number of piperidine rings is 2. The monoisotopic (exact) mass is 813 g/mol. The highest BCUT2D eigenvalue weighted by atomic mass is 35.5. The van der Waals surface area contributed by atoms with E-state index in [1.165, 1.54) is 0 Å². The van der Waals surface area contributed by atoms with Gasteiger partial charge in [0.25, 0.3) is 17.7 Å². The smallest absolute Gasteiger partial charge is 0.281 e. The predicted octanol–water partition coefficient (Wildman–Crippen LogP) is 4.80. The van der Waals surface area contributed by atoms with Crippen LogP contribution in [0.4, 0.5) is 5.82 Å². The van der Waals surface area contributed by atoms with Crippen molar-refractivity contribution in [2.75, 3.05) is 31.1 Å². The van der Waals surface area contributed by atoms with E-state index < -0.39 is 29.7 Å². The summed E-state index contributed by atoms with van der Waals surface area (Å²) < 4.78 is 6.47. The summed E-state index contributed by atoms with van der Waals surface area (Å²) in [7, 11) is 0. The van der Waals surface area contributed by atoms with Gasteiger partial charge in [-0.2, -0.15) is 5.26 Å². The van der Waals surface area contributed by atoms with Crippen LogP contribution in [0.3, 0.4) is 0 Å². The number of amides is 5. The van der Waals surface area contributed by atoms with Gasteiger partial charge in [0.15, 0.2) is 0 Å². The summed E-state index contributed by atoms with van der Waals surface area (Å²) in [5.41, 5.74) is 2.54. The number of likely N-dealkylation sites (tertiary alicyclic amines) is 1. The summed E-state index contributed by atoms with van der Waals surface area (Å²) in [5.74, 6) is 6.22. The number of nitriles is 1. The molecule has 1 atom stereocenters. The number of imide groups is 2. The fourth-order valence-corrected chi connectivity index (χ4v) is 10.8. The molecule has 302 valence electrons. The van der Waals surface area contributed by atoms with E-state index in [0.717, 1.165) is 60.6 Å². The molecule has 1 unspecified atom stereocenters. The van der Waals surface area contributed by atoms with Gasteiger partial charge in [-0.25, -0.2) is 4.98 Å². The maximum absolute atomic E-state index is 13.8. The highest BCUT2D eigenvalue weighted by Gasteiger charge is 2.67. The number of anilines is 1. The maximum Gasteiger partial charge on any atom is 0.281 e.